The van der Waals surface area contributed by atoms with Crippen LogP contribution in [-0.2, 0) is 12.8 Å². The standard InChI is InChI=1S/C14H16N2O2/c1-3-10-6-5-7-11(4-2)13(10)16-14(17)12-8-15-18-9-12/h5-9H,3-4H2,1-2H3,(H,16,17). The Labute approximate surface area is 106 Å². The second-order valence-corrected chi connectivity index (χ2v) is 4.03. The van der Waals surface area contributed by atoms with Crippen molar-refractivity contribution < 1.29 is 9.32 Å². The highest BCUT2D eigenvalue weighted by Gasteiger charge is 2.12. The van der Waals surface area contributed by atoms with Gasteiger partial charge in [-0.15, -0.1) is 0 Å². The van der Waals surface area contributed by atoms with Gasteiger partial charge in [0, 0.05) is 5.69 Å². The third-order valence-corrected chi connectivity index (χ3v) is 2.93. The van der Waals surface area contributed by atoms with Crippen molar-refractivity contribution >= 4 is 11.6 Å². The quantitative estimate of drug-likeness (QED) is 0.899. The van der Waals surface area contributed by atoms with Crippen LogP contribution in [0.15, 0.2) is 35.2 Å². The number of nitrogens with zero attached hydrogens (tertiary/aromatic N) is 1. The maximum Gasteiger partial charge on any atom is 0.260 e. The summed E-state index contributed by atoms with van der Waals surface area (Å²) in [6.07, 6.45) is 4.52. The average molecular weight is 244 g/mol. The Morgan fingerprint density at radius 1 is 1.28 bits per heavy atom. The van der Waals surface area contributed by atoms with Crippen LogP contribution < -0.4 is 5.32 Å². The van der Waals surface area contributed by atoms with Crippen molar-refractivity contribution in [1.29, 1.82) is 0 Å². The fraction of sp³-hybridized carbons (Fsp3) is 0.286. The number of nitrogens with one attached hydrogen (secondary N) is 1. The first kappa shape index (κ1) is 12.4. The molecule has 4 nitrogen and oxygen atoms in total. The molecule has 0 unspecified atom stereocenters. The van der Waals surface area contributed by atoms with Crippen molar-refractivity contribution in [3.05, 3.63) is 47.3 Å². The molecular weight excluding hydrogens is 228 g/mol. The first-order valence-corrected chi connectivity index (χ1v) is 6.07. The first-order valence-electron chi connectivity index (χ1n) is 6.07. The number of carbonyl (C=O) groups excluding carboxylic acids is 1. The van der Waals surface area contributed by atoms with Gasteiger partial charge in [0.2, 0.25) is 0 Å². The van der Waals surface area contributed by atoms with E-state index in [0.717, 1.165) is 29.7 Å². The molecule has 0 atom stereocenters. The lowest BCUT2D eigenvalue weighted by Gasteiger charge is -2.13. The molecule has 0 aliphatic carbocycles. The molecule has 4 heteroatoms. The van der Waals surface area contributed by atoms with E-state index in [9.17, 15) is 4.79 Å². The number of aromatic nitrogens is 1. The molecule has 1 aromatic heterocycles. The molecule has 2 rings (SSSR count). The Hall–Kier alpha value is -2.10. The second kappa shape index (κ2) is 5.49. The topological polar surface area (TPSA) is 55.1 Å². The van der Waals surface area contributed by atoms with Gasteiger partial charge in [0.15, 0.2) is 0 Å². The summed E-state index contributed by atoms with van der Waals surface area (Å²) in [5.74, 6) is -0.188. The number of aryl methyl sites for hydroxylation is 2. The summed E-state index contributed by atoms with van der Waals surface area (Å²) in [6, 6.07) is 6.08. The van der Waals surface area contributed by atoms with E-state index in [1.807, 2.05) is 18.2 Å². The number of hydrogen-bond acceptors (Lipinski definition) is 3. The van der Waals surface area contributed by atoms with Gasteiger partial charge in [-0.2, -0.15) is 0 Å². The molecule has 18 heavy (non-hydrogen) atoms. The minimum atomic E-state index is -0.188. The van der Waals surface area contributed by atoms with E-state index < -0.39 is 0 Å². The van der Waals surface area contributed by atoms with E-state index in [-0.39, 0.29) is 5.91 Å². The number of benzene rings is 1. The Balaban J connectivity index is 2.30. The molecule has 0 spiro atoms. The van der Waals surface area contributed by atoms with E-state index >= 15 is 0 Å². The van der Waals surface area contributed by atoms with E-state index in [1.54, 1.807) is 0 Å². The summed E-state index contributed by atoms with van der Waals surface area (Å²) in [5, 5.41) is 6.48. The van der Waals surface area contributed by atoms with Gasteiger partial charge < -0.3 is 9.84 Å². The molecule has 1 heterocycles. The van der Waals surface area contributed by atoms with Crippen LogP contribution in [0.1, 0.15) is 35.3 Å². The summed E-state index contributed by atoms with van der Waals surface area (Å²) in [5.41, 5.74) is 3.62. The van der Waals surface area contributed by atoms with Crippen molar-refractivity contribution in [2.45, 2.75) is 26.7 Å². The lowest BCUT2D eigenvalue weighted by Crippen LogP contribution is -2.14. The largest absolute Gasteiger partial charge is 0.364 e. The van der Waals surface area contributed by atoms with E-state index in [2.05, 4.69) is 28.8 Å². The number of hydrogen-bond donors (Lipinski definition) is 1. The van der Waals surface area contributed by atoms with Gasteiger partial charge in [-0.3, -0.25) is 4.79 Å². The third-order valence-electron chi connectivity index (χ3n) is 2.93. The predicted octanol–water partition coefficient (Wildman–Crippen LogP) is 3.05. The van der Waals surface area contributed by atoms with Crippen LogP contribution >= 0.6 is 0 Å². The Kier molecular flexibility index (Phi) is 3.77. The van der Waals surface area contributed by atoms with Gasteiger partial charge in [-0.1, -0.05) is 37.2 Å². The second-order valence-electron chi connectivity index (χ2n) is 4.03. The smallest absolute Gasteiger partial charge is 0.260 e. The molecule has 1 aromatic carbocycles. The monoisotopic (exact) mass is 244 g/mol. The van der Waals surface area contributed by atoms with Gasteiger partial charge >= 0.3 is 0 Å². The molecule has 0 saturated heterocycles. The molecule has 0 aliphatic rings. The van der Waals surface area contributed by atoms with Gasteiger partial charge in [-0.25, -0.2) is 0 Å². The van der Waals surface area contributed by atoms with Gasteiger partial charge in [0.1, 0.15) is 6.26 Å². The van der Waals surface area contributed by atoms with Gasteiger partial charge in [0.25, 0.3) is 5.91 Å². The maximum absolute atomic E-state index is 12.0. The number of rotatable bonds is 4. The highest BCUT2D eigenvalue weighted by atomic mass is 16.5. The Morgan fingerprint density at radius 2 is 1.94 bits per heavy atom. The number of amides is 1. The fourth-order valence-electron chi connectivity index (χ4n) is 1.91. The first-order chi connectivity index (χ1) is 8.76. The van der Waals surface area contributed by atoms with Crippen LogP contribution in [-0.4, -0.2) is 11.1 Å². The predicted molar refractivity (Wildman–Crippen MR) is 69.7 cm³/mol. The summed E-state index contributed by atoms with van der Waals surface area (Å²) in [6.45, 7) is 4.15. The van der Waals surface area contributed by atoms with Crippen LogP contribution in [0.2, 0.25) is 0 Å². The minimum absolute atomic E-state index is 0.188. The Morgan fingerprint density at radius 3 is 2.44 bits per heavy atom. The van der Waals surface area contributed by atoms with Crippen LogP contribution in [0.5, 0.6) is 0 Å². The van der Waals surface area contributed by atoms with Crippen molar-refractivity contribution in [1.82, 2.24) is 5.16 Å². The molecular formula is C14H16N2O2. The van der Waals surface area contributed by atoms with Crippen LogP contribution in [0.3, 0.4) is 0 Å². The SMILES string of the molecule is CCc1cccc(CC)c1NC(=O)c1cnoc1. The molecule has 1 N–H and O–H groups in total. The summed E-state index contributed by atoms with van der Waals surface area (Å²) < 4.78 is 4.68. The van der Waals surface area contributed by atoms with Crippen molar-refractivity contribution in [3.8, 4) is 0 Å². The zero-order valence-electron chi connectivity index (χ0n) is 10.6. The molecule has 0 aliphatic heterocycles. The lowest BCUT2D eigenvalue weighted by molar-refractivity contribution is 0.102. The normalized spacial score (nSPS) is 10.3. The molecule has 0 radical (unpaired) electrons. The summed E-state index contributed by atoms with van der Waals surface area (Å²) in [4.78, 5) is 12.0. The molecule has 1 amide bonds. The molecule has 0 fully saturated rings. The van der Waals surface area contributed by atoms with Crippen LogP contribution in [0, 0.1) is 0 Å². The highest BCUT2D eigenvalue weighted by Crippen LogP contribution is 2.23. The number of para-hydroxylation sites is 1. The van der Waals surface area contributed by atoms with Gasteiger partial charge in [0.05, 0.1) is 11.8 Å². The molecule has 2 aromatic rings. The number of anilines is 1. The third kappa shape index (κ3) is 2.42. The summed E-state index contributed by atoms with van der Waals surface area (Å²) in [7, 11) is 0. The fourth-order valence-corrected chi connectivity index (χ4v) is 1.91. The van der Waals surface area contributed by atoms with E-state index in [4.69, 9.17) is 0 Å². The highest BCUT2D eigenvalue weighted by molar-refractivity contribution is 6.04. The molecule has 0 bridgehead atoms. The average Bonchev–Trinajstić information content (AvgIpc) is 2.93. The zero-order valence-corrected chi connectivity index (χ0v) is 10.6. The lowest BCUT2D eigenvalue weighted by atomic mass is 10.0. The zero-order chi connectivity index (χ0) is 13.0. The molecule has 0 saturated carbocycles. The van der Waals surface area contributed by atoms with Crippen LogP contribution in [0.4, 0.5) is 5.69 Å². The van der Waals surface area contributed by atoms with E-state index in [1.165, 1.54) is 12.5 Å². The van der Waals surface area contributed by atoms with Crippen molar-refractivity contribution in [3.63, 3.8) is 0 Å². The molecule has 94 valence electrons. The minimum Gasteiger partial charge on any atom is -0.364 e. The number of carbonyl (C=O) groups is 1. The maximum atomic E-state index is 12.0. The van der Waals surface area contributed by atoms with Crippen LogP contribution in [0.25, 0.3) is 0 Å². The van der Waals surface area contributed by atoms with Crippen molar-refractivity contribution in [2.75, 3.05) is 5.32 Å². The van der Waals surface area contributed by atoms with E-state index in [0.29, 0.717) is 5.56 Å². The van der Waals surface area contributed by atoms with Gasteiger partial charge in [-0.05, 0) is 24.0 Å². The Bertz CT molecular complexity index is 510. The summed E-state index contributed by atoms with van der Waals surface area (Å²) >= 11 is 0. The van der Waals surface area contributed by atoms with Crippen molar-refractivity contribution in [2.24, 2.45) is 0 Å².